The van der Waals surface area contributed by atoms with Gasteiger partial charge in [-0.2, -0.15) is 5.26 Å². The highest BCUT2D eigenvalue weighted by atomic mass is 16.5. The van der Waals surface area contributed by atoms with E-state index in [1.807, 2.05) is 0 Å². The Kier molecular flexibility index (Phi) is 3.53. The van der Waals surface area contributed by atoms with Crippen molar-refractivity contribution >= 4 is 28.9 Å². The second kappa shape index (κ2) is 5.28. The zero-order chi connectivity index (χ0) is 14.7. The molecule has 1 aromatic carbocycles. The van der Waals surface area contributed by atoms with Gasteiger partial charge < -0.3 is 15.5 Å². The first-order valence-electron chi connectivity index (χ1n) is 5.68. The summed E-state index contributed by atoms with van der Waals surface area (Å²) in [6, 6.07) is 6.81. The minimum atomic E-state index is -0.822. The van der Waals surface area contributed by atoms with Gasteiger partial charge in [-0.1, -0.05) is 6.07 Å². The van der Waals surface area contributed by atoms with E-state index in [0.29, 0.717) is 22.0 Å². The average molecular weight is 269 g/mol. The number of primary amides is 1. The first-order valence-corrected chi connectivity index (χ1v) is 5.68. The monoisotopic (exact) mass is 269 g/mol. The number of rotatable bonds is 3. The first kappa shape index (κ1) is 13.4. The lowest BCUT2D eigenvalue weighted by atomic mass is 10.0. The zero-order valence-electron chi connectivity index (χ0n) is 10.6. The molecule has 6 heteroatoms. The Morgan fingerprint density at radius 2 is 2.20 bits per heavy atom. The van der Waals surface area contributed by atoms with E-state index < -0.39 is 11.9 Å². The van der Waals surface area contributed by atoms with E-state index in [2.05, 4.69) is 4.98 Å². The fourth-order valence-electron chi connectivity index (χ4n) is 1.92. The van der Waals surface area contributed by atoms with Crippen molar-refractivity contribution in [3.8, 4) is 6.07 Å². The van der Waals surface area contributed by atoms with Gasteiger partial charge in [0.05, 0.1) is 12.7 Å². The minimum absolute atomic E-state index is 0.189. The fourth-order valence-corrected chi connectivity index (χ4v) is 1.92. The Morgan fingerprint density at radius 3 is 2.80 bits per heavy atom. The summed E-state index contributed by atoms with van der Waals surface area (Å²) in [7, 11) is 1.29. The summed E-state index contributed by atoms with van der Waals surface area (Å²) in [5.41, 5.74) is 6.48. The smallest absolute Gasteiger partial charge is 0.338 e. The van der Waals surface area contributed by atoms with Gasteiger partial charge in [-0.05, 0) is 18.2 Å². The highest BCUT2D eigenvalue weighted by Crippen LogP contribution is 2.25. The number of nitrogens with two attached hydrogens (primary N) is 1. The summed E-state index contributed by atoms with van der Waals surface area (Å²) in [6.07, 6.45) is 2.94. The lowest BCUT2D eigenvalue weighted by molar-refractivity contribution is -0.114. The van der Waals surface area contributed by atoms with Crippen LogP contribution in [0, 0.1) is 11.3 Å². The number of hydrogen-bond acceptors (Lipinski definition) is 4. The Hall–Kier alpha value is -3.07. The van der Waals surface area contributed by atoms with Crippen molar-refractivity contribution < 1.29 is 14.3 Å². The number of ether oxygens (including phenoxy) is 1. The third-order valence-corrected chi connectivity index (χ3v) is 2.83. The van der Waals surface area contributed by atoms with Crippen LogP contribution in [-0.4, -0.2) is 24.0 Å². The van der Waals surface area contributed by atoms with Gasteiger partial charge in [0.25, 0.3) is 5.91 Å². The molecule has 0 radical (unpaired) electrons. The van der Waals surface area contributed by atoms with Crippen LogP contribution in [0.25, 0.3) is 17.0 Å². The molecule has 1 aromatic heterocycles. The van der Waals surface area contributed by atoms with Crippen LogP contribution in [0.4, 0.5) is 0 Å². The van der Waals surface area contributed by atoms with Crippen LogP contribution in [0.2, 0.25) is 0 Å². The Bertz CT molecular complexity index is 766. The fraction of sp³-hybridized carbons (Fsp3) is 0.0714. The molecular formula is C14H11N3O3. The molecule has 0 saturated carbocycles. The summed E-state index contributed by atoms with van der Waals surface area (Å²) < 4.78 is 4.72. The number of amides is 1. The van der Waals surface area contributed by atoms with Crippen molar-refractivity contribution in [3.63, 3.8) is 0 Å². The molecule has 0 unspecified atom stereocenters. The summed E-state index contributed by atoms with van der Waals surface area (Å²) in [4.78, 5) is 25.8. The summed E-state index contributed by atoms with van der Waals surface area (Å²) in [5, 5.41) is 9.45. The molecule has 0 fully saturated rings. The lowest BCUT2D eigenvalue weighted by Gasteiger charge is -2.02. The van der Waals surface area contributed by atoms with E-state index in [1.54, 1.807) is 30.5 Å². The van der Waals surface area contributed by atoms with Gasteiger partial charge in [-0.25, -0.2) is 4.79 Å². The van der Waals surface area contributed by atoms with Gasteiger partial charge in [-0.3, -0.25) is 4.79 Å². The number of esters is 1. The molecule has 0 aliphatic rings. The summed E-state index contributed by atoms with van der Waals surface area (Å²) in [5.74, 6) is -1.32. The van der Waals surface area contributed by atoms with Gasteiger partial charge in [0, 0.05) is 22.7 Å². The van der Waals surface area contributed by atoms with Crippen molar-refractivity contribution in [1.82, 2.24) is 4.98 Å². The molecule has 3 N–H and O–H groups in total. The number of H-pyrrole nitrogens is 1. The van der Waals surface area contributed by atoms with Gasteiger partial charge in [0.1, 0.15) is 11.6 Å². The number of fused-ring (bicyclic) bond motifs is 1. The Labute approximate surface area is 114 Å². The molecule has 2 aromatic rings. The molecule has 0 saturated heterocycles. The highest BCUT2D eigenvalue weighted by Gasteiger charge is 2.15. The van der Waals surface area contributed by atoms with Crippen LogP contribution in [-0.2, 0) is 9.53 Å². The van der Waals surface area contributed by atoms with E-state index in [-0.39, 0.29) is 5.57 Å². The number of benzene rings is 1. The maximum atomic E-state index is 11.8. The standard InChI is InChI=1S/C14H11N3O3/c1-20-14(19)10-3-2-4-11-12(10)9(7-17-11)5-8(6-15)13(16)18/h2-5,7,17H,1H3,(H2,16,18)/b8-5+. The number of aromatic nitrogens is 1. The van der Waals surface area contributed by atoms with Crippen molar-refractivity contribution in [2.24, 2.45) is 5.73 Å². The second-order valence-corrected chi connectivity index (χ2v) is 4.00. The number of carbonyl (C=O) groups excluding carboxylic acids is 2. The minimum Gasteiger partial charge on any atom is -0.465 e. The highest BCUT2D eigenvalue weighted by molar-refractivity contribution is 6.09. The van der Waals surface area contributed by atoms with Crippen LogP contribution in [0.15, 0.2) is 30.0 Å². The molecule has 0 bridgehead atoms. The van der Waals surface area contributed by atoms with Crippen molar-refractivity contribution in [2.75, 3.05) is 7.11 Å². The quantitative estimate of drug-likeness (QED) is 0.498. The lowest BCUT2D eigenvalue weighted by Crippen LogP contribution is -2.12. The maximum absolute atomic E-state index is 11.8. The van der Waals surface area contributed by atoms with Crippen LogP contribution < -0.4 is 5.73 Å². The predicted molar refractivity (Wildman–Crippen MR) is 72.4 cm³/mol. The molecule has 20 heavy (non-hydrogen) atoms. The Balaban J connectivity index is 2.70. The molecule has 0 spiro atoms. The van der Waals surface area contributed by atoms with Crippen LogP contribution >= 0.6 is 0 Å². The third kappa shape index (κ3) is 2.24. The third-order valence-electron chi connectivity index (χ3n) is 2.83. The van der Waals surface area contributed by atoms with Gasteiger partial charge in [-0.15, -0.1) is 0 Å². The van der Waals surface area contributed by atoms with Crippen LogP contribution in [0.1, 0.15) is 15.9 Å². The van der Waals surface area contributed by atoms with E-state index in [9.17, 15) is 9.59 Å². The summed E-state index contributed by atoms with van der Waals surface area (Å²) in [6.45, 7) is 0. The maximum Gasteiger partial charge on any atom is 0.338 e. The molecule has 0 aliphatic heterocycles. The van der Waals surface area contributed by atoms with E-state index in [0.717, 1.165) is 0 Å². The topological polar surface area (TPSA) is 109 Å². The zero-order valence-corrected chi connectivity index (χ0v) is 10.6. The summed E-state index contributed by atoms with van der Waals surface area (Å²) >= 11 is 0. The van der Waals surface area contributed by atoms with Crippen molar-refractivity contribution in [3.05, 3.63) is 41.1 Å². The number of nitrogens with zero attached hydrogens (tertiary/aromatic N) is 1. The van der Waals surface area contributed by atoms with E-state index in [1.165, 1.54) is 13.2 Å². The average Bonchev–Trinajstić information content (AvgIpc) is 2.86. The van der Waals surface area contributed by atoms with E-state index >= 15 is 0 Å². The van der Waals surface area contributed by atoms with E-state index in [4.69, 9.17) is 15.7 Å². The number of carbonyl (C=O) groups is 2. The molecule has 1 amide bonds. The molecule has 6 nitrogen and oxygen atoms in total. The molecule has 0 atom stereocenters. The number of nitriles is 1. The normalized spacial score (nSPS) is 11.1. The number of nitrogens with one attached hydrogen (secondary N) is 1. The van der Waals surface area contributed by atoms with Gasteiger partial charge in [0.15, 0.2) is 0 Å². The second-order valence-electron chi connectivity index (χ2n) is 4.00. The van der Waals surface area contributed by atoms with Crippen molar-refractivity contribution in [1.29, 1.82) is 5.26 Å². The molecule has 2 rings (SSSR count). The van der Waals surface area contributed by atoms with Crippen molar-refractivity contribution in [2.45, 2.75) is 0 Å². The molecule has 1 heterocycles. The molecular weight excluding hydrogens is 258 g/mol. The Morgan fingerprint density at radius 1 is 1.45 bits per heavy atom. The van der Waals surface area contributed by atoms with Crippen LogP contribution in [0.5, 0.6) is 0 Å². The molecule has 100 valence electrons. The number of hydrogen-bond donors (Lipinski definition) is 2. The SMILES string of the molecule is COC(=O)c1cccc2[nH]cc(/C=C(\C#N)C(N)=O)c12. The number of aromatic amines is 1. The largest absolute Gasteiger partial charge is 0.465 e. The van der Waals surface area contributed by atoms with Gasteiger partial charge in [0.2, 0.25) is 0 Å². The first-order chi connectivity index (χ1) is 9.58. The molecule has 0 aliphatic carbocycles. The number of methoxy groups -OCH3 is 1. The predicted octanol–water partition coefficient (Wildman–Crippen LogP) is 1.35. The van der Waals surface area contributed by atoms with Gasteiger partial charge >= 0.3 is 5.97 Å². The van der Waals surface area contributed by atoms with Crippen LogP contribution in [0.3, 0.4) is 0 Å².